The van der Waals surface area contributed by atoms with E-state index in [4.69, 9.17) is 4.74 Å². The van der Waals surface area contributed by atoms with Gasteiger partial charge in [0.1, 0.15) is 23.1 Å². The van der Waals surface area contributed by atoms with Crippen molar-refractivity contribution in [1.29, 1.82) is 0 Å². The van der Waals surface area contributed by atoms with Crippen LogP contribution >= 0.6 is 0 Å². The van der Waals surface area contributed by atoms with Crippen LogP contribution in [0.3, 0.4) is 0 Å². The Kier molecular flexibility index (Phi) is 7.39. The predicted molar refractivity (Wildman–Crippen MR) is 126 cm³/mol. The molecule has 3 aromatic rings. The van der Waals surface area contributed by atoms with Crippen LogP contribution in [0.2, 0.25) is 0 Å². The van der Waals surface area contributed by atoms with Gasteiger partial charge in [-0.15, -0.1) is 0 Å². The quantitative estimate of drug-likeness (QED) is 0.344. The van der Waals surface area contributed by atoms with Crippen molar-refractivity contribution in [2.24, 2.45) is 0 Å². The third-order valence-electron chi connectivity index (χ3n) is 5.83. The molecule has 1 fully saturated rings. The maximum Gasteiger partial charge on any atom is 0.328 e. The number of aliphatic hydroxyl groups excluding tert-OH is 1. The van der Waals surface area contributed by atoms with Gasteiger partial charge in [-0.2, -0.15) is 0 Å². The van der Waals surface area contributed by atoms with Crippen molar-refractivity contribution in [3.05, 3.63) is 64.9 Å². The zero-order chi connectivity index (χ0) is 25.8. The number of hydrogen-bond acceptors (Lipinski definition) is 8. The Labute approximate surface area is 205 Å². The number of benzene rings is 1. The van der Waals surface area contributed by atoms with Gasteiger partial charge in [0.05, 0.1) is 12.7 Å². The SMILES string of the molecule is CCC(O)CNC(=O)c1nc(C(=O)NC2CCOC2=O)c2cc(Cc3ccc(F)cc3)cnc2c1O. The molecule has 4 rings (SSSR count). The van der Waals surface area contributed by atoms with Crippen LogP contribution in [0.5, 0.6) is 5.75 Å². The number of pyridine rings is 2. The summed E-state index contributed by atoms with van der Waals surface area (Å²) in [5, 5.41) is 25.7. The van der Waals surface area contributed by atoms with E-state index in [1.54, 1.807) is 25.1 Å². The number of aromatic hydroxyl groups is 1. The lowest BCUT2D eigenvalue weighted by Crippen LogP contribution is -2.39. The Morgan fingerprint density at radius 2 is 1.94 bits per heavy atom. The van der Waals surface area contributed by atoms with Crippen LogP contribution in [0.4, 0.5) is 4.39 Å². The molecule has 0 spiro atoms. The van der Waals surface area contributed by atoms with E-state index in [0.29, 0.717) is 18.4 Å². The topological polar surface area (TPSA) is 151 Å². The largest absolute Gasteiger partial charge is 0.504 e. The lowest BCUT2D eigenvalue weighted by atomic mass is 10.0. The predicted octanol–water partition coefficient (Wildman–Crippen LogP) is 1.61. The number of carbonyl (C=O) groups excluding carboxylic acids is 3. The lowest BCUT2D eigenvalue weighted by Gasteiger charge is -2.15. The van der Waals surface area contributed by atoms with E-state index in [1.165, 1.54) is 18.3 Å². The van der Waals surface area contributed by atoms with Gasteiger partial charge in [-0.1, -0.05) is 19.1 Å². The monoisotopic (exact) mass is 496 g/mol. The van der Waals surface area contributed by atoms with E-state index in [1.807, 2.05) is 0 Å². The standard InChI is InChI=1S/C25H25FN4O6/c1-2-16(31)12-28-23(33)21-22(32)19-17(20(30-21)24(34)29-18-7-8-36-25(18)35)10-14(11-27-19)9-13-3-5-15(26)6-4-13/h3-6,10-11,16,18,31-32H,2,7-9,12H2,1H3,(H,28,33)(H,29,34). The van der Waals surface area contributed by atoms with E-state index in [9.17, 15) is 29.0 Å². The highest BCUT2D eigenvalue weighted by Crippen LogP contribution is 2.29. The average Bonchev–Trinajstić information content (AvgIpc) is 3.27. The number of nitrogens with one attached hydrogen (secondary N) is 2. The molecule has 4 N–H and O–H groups in total. The van der Waals surface area contributed by atoms with Crippen LogP contribution in [-0.2, 0) is 16.0 Å². The van der Waals surface area contributed by atoms with Crippen molar-refractivity contribution in [1.82, 2.24) is 20.6 Å². The van der Waals surface area contributed by atoms with Gasteiger partial charge in [0.2, 0.25) is 0 Å². The summed E-state index contributed by atoms with van der Waals surface area (Å²) in [7, 11) is 0. The fraction of sp³-hybridized carbons (Fsp3) is 0.320. The number of aliphatic hydroxyl groups is 1. The third kappa shape index (κ3) is 5.41. The van der Waals surface area contributed by atoms with Crippen molar-refractivity contribution in [3.63, 3.8) is 0 Å². The highest BCUT2D eigenvalue weighted by Gasteiger charge is 2.31. The van der Waals surface area contributed by atoms with Gasteiger partial charge in [-0.3, -0.25) is 14.6 Å². The molecule has 1 aromatic carbocycles. The molecular formula is C25H25FN4O6. The molecule has 2 unspecified atom stereocenters. The molecule has 1 saturated heterocycles. The molecule has 0 saturated carbocycles. The first-order valence-electron chi connectivity index (χ1n) is 11.5. The van der Waals surface area contributed by atoms with Crippen LogP contribution in [0.15, 0.2) is 36.5 Å². The van der Waals surface area contributed by atoms with Gasteiger partial charge in [0, 0.05) is 24.5 Å². The van der Waals surface area contributed by atoms with E-state index in [0.717, 1.165) is 5.56 Å². The molecule has 11 heteroatoms. The molecule has 10 nitrogen and oxygen atoms in total. The third-order valence-corrected chi connectivity index (χ3v) is 5.83. The van der Waals surface area contributed by atoms with E-state index >= 15 is 0 Å². The summed E-state index contributed by atoms with van der Waals surface area (Å²) >= 11 is 0. The molecule has 0 radical (unpaired) electrons. The Morgan fingerprint density at radius 3 is 2.61 bits per heavy atom. The van der Waals surface area contributed by atoms with Gasteiger partial charge >= 0.3 is 5.97 Å². The number of carbonyl (C=O) groups is 3. The first-order chi connectivity index (χ1) is 17.3. The van der Waals surface area contributed by atoms with Crippen molar-refractivity contribution in [3.8, 4) is 5.75 Å². The summed E-state index contributed by atoms with van der Waals surface area (Å²) in [6.07, 6.45) is 1.73. The molecule has 3 heterocycles. The van der Waals surface area contributed by atoms with Crippen LogP contribution in [0.1, 0.15) is 51.9 Å². The number of aromatic nitrogens is 2. The van der Waals surface area contributed by atoms with Gasteiger partial charge in [0.25, 0.3) is 11.8 Å². The summed E-state index contributed by atoms with van der Waals surface area (Å²) in [5.74, 6) is -3.02. The Hall–Kier alpha value is -4.12. The number of halogens is 1. The van der Waals surface area contributed by atoms with Gasteiger partial charge in [-0.05, 0) is 42.2 Å². The zero-order valence-electron chi connectivity index (χ0n) is 19.5. The smallest absolute Gasteiger partial charge is 0.328 e. The van der Waals surface area contributed by atoms with Gasteiger partial charge in [0.15, 0.2) is 11.4 Å². The molecule has 2 atom stereocenters. The minimum atomic E-state index is -0.865. The molecule has 36 heavy (non-hydrogen) atoms. The molecular weight excluding hydrogens is 471 g/mol. The summed E-state index contributed by atoms with van der Waals surface area (Å²) in [5.41, 5.74) is 0.752. The minimum Gasteiger partial charge on any atom is -0.504 e. The number of hydrogen-bond donors (Lipinski definition) is 4. The summed E-state index contributed by atoms with van der Waals surface area (Å²) in [6.45, 7) is 1.84. The number of esters is 1. The van der Waals surface area contributed by atoms with Crippen LogP contribution in [0, 0.1) is 5.82 Å². The second-order valence-corrected chi connectivity index (χ2v) is 8.45. The number of rotatable bonds is 8. The normalized spacial score (nSPS) is 16.0. The number of amides is 2. The molecule has 1 aliphatic heterocycles. The first-order valence-corrected chi connectivity index (χ1v) is 11.5. The second-order valence-electron chi connectivity index (χ2n) is 8.45. The summed E-state index contributed by atoms with van der Waals surface area (Å²) < 4.78 is 18.2. The number of ether oxygens (including phenoxy) is 1. The van der Waals surface area contributed by atoms with Crippen LogP contribution < -0.4 is 10.6 Å². The maximum absolute atomic E-state index is 13.3. The van der Waals surface area contributed by atoms with E-state index in [-0.39, 0.29) is 42.0 Å². The number of fused-ring (bicyclic) bond motifs is 1. The molecule has 2 amide bonds. The summed E-state index contributed by atoms with van der Waals surface area (Å²) in [4.78, 5) is 46.2. The van der Waals surface area contributed by atoms with E-state index in [2.05, 4.69) is 20.6 Å². The molecule has 2 aromatic heterocycles. The van der Waals surface area contributed by atoms with Gasteiger partial charge < -0.3 is 25.6 Å². The zero-order valence-corrected chi connectivity index (χ0v) is 19.5. The maximum atomic E-state index is 13.3. The van der Waals surface area contributed by atoms with Gasteiger partial charge in [-0.25, -0.2) is 14.2 Å². The van der Waals surface area contributed by atoms with E-state index < -0.39 is 41.4 Å². The fourth-order valence-corrected chi connectivity index (χ4v) is 3.77. The molecule has 1 aliphatic rings. The van der Waals surface area contributed by atoms with Crippen molar-refractivity contribution < 1.29 is 33.7 Å². The molecule has 0 bridgehead atoms. The Morgan fingerprint density at radius 1 is 1.19 bits per heavy atom. The minimum absolute atomic E-state index is 0.0341. The second kappa shape index (κ2) is 10.6. The molecule has 0 aliphatic carbocycles. The highest BCUT2D eigenvalue weighted by atomic mass is 19.1. The number of cyclic esters (lactones) is 1. The average molecular weight is 496 g/mol. The number of nitrogens with zero attached hydrogens (tertiary/aromatic N) is 2. The van der Waals surface area contributed by atoms with Crippen LogP contribution in [0.25, 0.3) is 10.9 Å². The fourth-order valence-electron chi connectivity index (χ4n) is 3.77. The Bertz CT molecular complexity index is 1310. The Balaban J connectivity index is 1.74. The first kappa shape index (κ1) is 25.0. The summed E-state index contributed by atoms with van der Waals surface area (Å²) in [6, 6.07) is 6.63. The van der Waals surface area contributed by atoms with Crippen molar-refractivity contribution in [2.45, 2.75) is 38.3 Å². The van der Waals surface area contributed by atoms with Crippen molar-refractivity contribution in [2.75, 3.05) is 13.2 Å². The van der Waals surface area contributed by atoms with Crippen molar-refractivity contribution >= 4 is 28.7 Å². The lowest BCUT2D eigenvalue weighted by molar-refractivity contribution is -0.139. The van der Waals surface area contributed by atoms with Crippen LogP contribution in [-0.4, -0.2) is 63.3 Å². The highest BCUT2D eigenvalue weighted by molar-refractivity contribution is 6.10. The molecule has 188 valence electrons.